The molecule has 1 N–H and O–H groups in total. The highest BCUT2D eigenvalue weighted by Gasteiger charge is 2.42. The zero-order chi connectivity index (χ0) is 39.6. The molecule has 0 amide bonds. The highest BCUT2D eigenvalue weighted by molar-refractivity contribution is 6.03. The maximum absolute atomic E-state index is 4.29. The first-order valence-electron chi connectivity index (χ1n) is 19.8. The Hall–Kier alpha value is -4.76. The van der Waals surface area contributed by atoms with E-state index in [4.69, 9.17) is 0 Å². The number of hydrogen-bond donors (Lipinski definition) is 1. The molecule has 0 bridgehead atoms. The van der Waals surface area contributed by atoms with Gasteiger partial charge in [0.15, 0.2) is 5.71 Å². The molecule has 0 saturated heterocycles. The van der Waals surface area contributed by atoms with E-state index in [0.717, 1.165) is 54.3 Å². The number of hydrogen-bond acceptors (Lipinski definition) is 5. The van der Waals surface area contributed by atoms with Crippen LogP contribution in [0.5, 0.6) is 0 Å². The van der Waals surface area contributed by atoms with Gasteiger partial charge in [-0.1, -0.05) is 107 Å². The van der Waals surface area contributed by atoms with Gasteiger partial charge in [0.1, 0.15) is 7.05 Å². The Morgan fingerprint density at radius 1 is 0.768 bits per heavy atom. The fourth-order valence-corrected chi connectivity index (χ4v) is 7.45. The topological polar surface area (TPSA) is 46.2 Å². The molecule has 0 saturated carbocycles. The van der Waals surface area contributed by atoms with Crippen molar-refractivity contribution in [1.82, 2.24) is 5.32 Å². The summed E-state index contributed by atoms with van der Waals surface area (Å²) in [6.07, 6.45) is 14.5. The van der Waals surface area contributed by atoms with Gasteiger partial charge in [-0.2, -0.15) is 14.8 Å². The lowest BCUT2D eigenvalue weighted by atomic mass is 9.81. The summed E-state index contributed by atoms with van der Waals surface area (Å²) in [6.45, 7) is 19.8. The molecular weight excluding hydrogens is 799 g/mol. The number of anilines is 2. The van der Waals surface area contributed by atoms with Crippen LogP contribution >= 0.6 is 0 Å². The number of nitrogens with one attached hydrogen (secondary N) is 1. The fourth-order valence-electron chi connectivity index (χ4n) is 7.45. The van der Waals surface area contributed by atoms with Crippen LogP contribution in [0, 0.1) is 0 Å². The summed E-state index contributed by atoms with van der Waals surface area (Å²) in [4.78, 5) is 4.55. The van der Waals surface area contributed by atoms with E-state index in [9.17, 15) is 0 Å². The molecular formula is C49H61IN6. The Bertz CT molecular complexity index is 2080. The number of azo groups is 1. The van der Waals surface area contributed by atoms with Gasteiger partial charge < -0.3 is 39.1 Å². The van der Waals surface area contributed by atoms with Crippen molar-refractivity contribution >= 4 is 39.8 Å². The molecule has 294 valence electrons. The van der Waals surface area contributed by atoms with Crippen molar-refractivity contribution < 1.29 is 28.6 Å². The van der Waals surface area contributed by atoms with E-state index in [2.05, 4.69) is 164 Å². The first kappa shape index (κ1) is 44.0. The molecule has 0 aliphatic carbocycles. The van der Waals surface area contributed by atoms with Crippen molar-refractivity contribution in [2.24, 2.45) is 10.2 Å². The van der Waals surface area contributed by atoms with Gasteiger partial charge in [0.25, 0.3) is 0 Å². The molecule has 6 nitrogen and oxygen atoms in total. The monoisotopic (exact) mass is 860 g/mol. The summed E-state index contributed by atoms with van der Waals surface area (Å²) in [5.74, 6) is 0. The predicted molar refractivity (Wildman–Crippen MR) is 237 cm³/mol. The molecule has 4 aromatic carbocycles. The minimum atomic E-state index is 0. The second kappa shape index (κ2) is 19.9. The van der Waals surface area contributed by atoms with E-state index in [-0.39, 0.29) is 34.8 Å². The number of nitrogens with zero attached hydrogens (tertiary/aromatic N) is 5. The zero-order valence-corrected chi connectivity index (χ0v) is 37.1. The predicted octanol–water partition coefficient (Wildman–Crippen LogP) is 9.43. The lowest BCUT2D eigenvalue weighted by molar-refractivity contribution is -0.401. The largest absolute Gasteiger partial charge is 1.00 e. The average molecular weight is 861 g/mol. The lowest BCUT2D eigenvalue weighted by Gasteiger charge is -2.26. The quantitative estimate of drug-likeness (QED) is 0.0480. The van der Waals surface area contributed by atoms with Gasteiger partial charge >= 0.3 is 0 Å². The molecule has 0 radical (unpaired) electrons. The molecule has 2 aliphatic heterocycles. The summed E-state index contributed by atoms with van der Waals surface area (Å²) >= 11 is 0. The molecule has 7 heteroatoms. The van der Waals surface area contributed by atoms with E-state index < -0.39 is 0 Å². The van der Waals surface area contributed by atoms with Gasteiger partial charge in [0.2, 0.25) is 5.69 Å². The van der Waals surface area contributed by atoms with Crippen molar-refractivity contribution in [1.29, 1.82) is 0 Å². The molecule has 2 heterocycles. The van der Waals surface area contributed by atoms with Crippen molar-refractivity contribution in [2.45, 2.75) is 71.6 Å². The van der Waals surface area contributed by atoms with Crippen LogP contribution in [0.1, 0.15) is 77.5 Å². The number of unbranched alkanes of at least 4 members (excludes halogenated alkanes) is 1. The third-order valence-electron chi connectivity index (χ3n) is 10.6. The fraction of sp³-hybridized carbons (Fsp3) is 0.327. The number of benzene rings is 4. The molecule has 0 atom stereocenters. The van der Waals surface area contributed by atoms with E-state index in [1.807, 2.05) is 62.6 Å². The second-order valence-corrected chi connectivity index (χ2v) is 15.6. The highest BCUT2D eigenvalue weighted by Crippen LogP contribution is 2.47. The lowest BCUT2D eigenvalue weighted by Crippen LogP contribution is -3.00. The van der Waals surface area contributed by atoms with Crippen LogP contribution in [0.15, 0.2) is 150 Å². The van der Waals surface area contributed by atoms with Crippen molar-refractivity contribution in [3.05, 3.63) is 156 Å². The van der Waals surface area contributed by atoms with Crippen molar-refractivity contribution in [3.63, 3.8) is 0 Å². The Kier molecular flexibility index (Phi) is 15.6. The van der Waals surface area contributed by atoms with Gasteiger partial charge in [-0.15, -0.1) is 0 Å². The molecule has 4 aromatic rings. The van der Waals surface area contributed by atoms with Gasteiger partial charge in [0.05, 0.1) is 16.8 Å². The normalized spacial score (nSPS) is 15.9. The van der Waals surface area contributed by atoms with E-state index in [1.165, 1.54) is 40.3 Å². The number of rotatable bonds is 13. The molecule has 2 aliphatic rings. The molecule has 0 spiro atoms. The highest BCUT2D eigenvalue weighted by atomic mass is 127. The zero-order valence-electron chi connectivity index (χ0n) is 35.0. The minimum absolute atomic E-state index is 0. The molecule has 0 unspecified atom stereocenters. The minimum Gasteiger partial charge on any atom is -1.00 e. The van der Waals surface area contributed by atoms with E-state index in [0.29, 0.717) is 0 Å². The molecule has 6 rings (SSSR count). The Balaban J connectivity index is 0.000000253. The summed E-state index contributed by atoms with van der Waals surface area (Å²) < 4.78 is 2.32. The molecule has 0 aromatic heterocycles. The first-order valence-corrected chi connectivity index (χ1v) is 19.8. The maximum atomic E-state index is 4.29. The van der Waals surface area contributed by atoms with Gasteiger partial charge in [0, 0.05) is 73.1 Å². The summed E-state index contributed by atoms with van der Waals surface area (Å²) in [5.41, 5.74) is 13.1. The van der Waals surface area contributed by atoms with Crippen LogP contribution in [-0.4, -0.2) is 44.5 Å². The van der Waals surface area contributed by atoms with Gasteiger partial charge in [-0.05, 0) is 86.4 Å². The van der Waals surface area contributed by atoms with Crippen LogP contribution in [0.25, 0.3) is 5.70 Å². The third-order valence-corrected chi connectivity index (χ3v) is 10.6. The Morgan fingerprint density at radius 2 is 1.38 bits per heavy atom. The van der Waals surface area contributed by atoms with Gasteiger partial charge in [-0.25, -0.2) is 0 Å². The van der Waals surface area contributed by atoms with Crippen LogP contribution in [0.4, 0.5) is 28.4 Å². The standard InChI is InChI=1S/C29H35N2.C20H26N4.HI/c1-7-21-31-25-18-14-12-16-23(25)29(4,5)27(31)20-10-8-9-19-26-28(2,3)22-15-11-13-17-24(22)30(26)6;1-5-6-15-21-16(2)17-7-9-18(10-8-17)22-23-19-11-13-20(14-12-19)24(3)4;/h8-20H,7,21H2,1-6H3;7-14,21H,2,5-6,15H2,1,3-4H3;1H/q+1;;/p-1. The van der Waals surface area contributed by atoms with Crippen molar-refractivity contribution in [2.75, 3.05) is 44.0 Å². The number of allylic oxidation sites excluding steroid dienone is 6. The third kappa shape index (κ3) is 10.2. The number of halogens is 1. The Morgan fingerprint density at radius 3 is 1.98 bits per heavy atom. The van der Waals surface area contributed by atoms with Crippen LogP contribution in [0.2, 0.25) is 0 Å². The SMILES string of the molecule is C=C(NCCCC)c1ccc(N=Nc2ccc(N(C)C)cc2)cc1.CCCN1/C(=C/C=C/C=C/C2=[N+](C)c3ccccc3C2(C)C)C(C)(C)c2ccccc21.[I-]. The number of para-hydroxylation sites is 2. The second-order valence-electron chi connectivity index (χ2n) is 15.6. The number of fused-ring (bicyclic) bond motifs is 2. The van der Waals surface area contributed by atoms with E-state index in [1.54, 1.807) is 0 Å². The van der Waals surface area contributed by atoms with Crippen LogP contribution in [0.3, 0.4) is 0 Å². The first-order chi connectivity index (χ1) is 26.4. The van der Waals surface area contributed by atoms with E-state index >= 15 is 0 Å². The van der Waals surface area contributed by atoms with Crippen LogP contribution in [-0.2, 0) is 10.8 Å². The van der Waals surface area contributed by atoms with Crippen molar-refractivity contribution in [3.8, 4) is 0 Å². The maximum Gasteiger partial charge on any atom is 0.209 e. The molecule has 0 fully saturated rings. The average Bonchev–Trinajstić information content (AvgIpc) is 3.52. The summed E-state index contributed by atoms with van der Waals surface area (Å²) in [6, 6.07) is 33.5. The summed E-state index contributed by atoms with van der Waals surface area (Å²) in [7, 11) is 6.20. The van der Waals surface area contributed by atoms with Crippen LogP contribution < -0.4 is 39.1 Å². The smallest absolute Gasteiger partial charge is 0.209 e. The molecule has 56 heavy (non-hydrogen) atoms. The summed E-state index contributed by atoms with van der Waals surface area (Å²) in [5, 5.41) is 11.9. The van der Waals surface area contributed by atoms with Gasteiger partial charge in [-0.3, -0.25) is 0 Å². The Labute approximate surface area is 354 Å².